The fourth-order valence-electron chi connectivity index (χ4n) is 1.06. The van der Waals surface area contributed by atoms with E-state index in [-0.39, 0.29) is 10.8 Å². The molecule has 74 valence electrons. The van der Waals surface area contributed by atoms with Crippen LogP contribution in [-0.2, 0) is 0 Å². The Balaban J connectivity index is 2.88. The first-order chi connectivity index (χ1) is 6.69. The molecule has 3 N–H and O–H groups in total. The highest BCUT2D eigenvalue weighted by Gasteiger charge is 2.12. The molecule has 14 heavy (non-hydrogen) atoms. The summed E-state index contributed by atoms with van der Waals surface area (Å²) in [7, 11) is 0. The van der Waals surface area contributed by atoms with Gasteiger partial charge in [-0.15, -0.1) is 11.3 Å². The molecule has 0 saturated carbocycles. The lowest BCUT2D eigenvalue weighted by atomic mass is 10.1. The van der Waals surface area contributed by atoms with E-state index in [1.54, 1.807) is 6.07 Å². The van der Waals surface area contributed by atoms with Gasteiger partial charge in [-0.3, -0.25) is 0 Å². The fourth-order valence-corrected chi connectivity index (χ4v) is 1.99. The summed E-state index contributed by atoms with van der Waals surface area (Å²) in [5, 5.41) is 22.8. The van der Waals surface area contributed by atoms with Gasteiger partial charge in [0.25, 0.3) is 0 Å². The van der Waals surface area contributed by atoms with E-state index in [0.29, 0.717) is 6.42 Å². The zero-order chi connectivity index (χ0) is 10.6. The van der Waals surface area contributed by atoms with Crippen molar-refractivity contribution < 1.29 is 9.90 Å². The van der Waals surface area contributed by atoms with Crippen molar-refractivity contribution in [1.29, 1.82) is 10.8 Å². The topological polar surface area (TPSA) is 85.0 Å². The van der Waals surface area contributed by atoms with Crippen molar-refractivity contribution in [2.24, 2.45) is 0 Å². The Morgan fingerprint density at radius 2 is 2.29 bits per heavy atom. The fraction of sp³-hybridized carbons (Fsp3) is 0.222. The minimum atomic E-state index is -0.945. The van der Waals surface area contributed by atoms with Crippen LogP contribution in [0.15, 0.2) is 12.1 Å². The summed E-state index contributed by atoms with van der Waals surface area (Å²) < 4.78 is 0. The largest absolute Gasteiger partial charge is 0.477 e. The van der Waals surface area contributed by atoms with Gasteiger partial charge in [-0.25, -0.2) is 4.79 Å². The molecule has 0 spiro atoms. The van der Waals surface area contributed by atoms with Crippen molar-refractivity contribution in [3.63, 3.8) is 0 Å². The van der Waals surface area contributed by atoms with Gasteiger partial charge in [-0.2, -0.15) is 0 Å². The van der Waals surface area contributed by atoms with Crippen LogP contribution in [0.3, 0.4) is 0 Å². The second-order valence-corrected chi connectivity index (χ2v) is 3.84. The molecular formula is C9H10N2O2S. The van der Waals surface area contributed by atoms with Crippen molar-refractivity contribution in [2.45, 2.75) is 12.3 Å². The third-order valence-electron chi connectivity index (χ3n) is 1.78. The number of carboxylic acid groups (broad SMARTS) is 1. The van der Waals surface area contributed by atoms with Gasteiger partial charge < -0.3 is 15.9 Å². The first-order valence-corrected chi connectivity index (χ1v) is 4.83. The van der Waals surface area contributed by atoms with Crippen molar-refractivity contribution in [1.82, 2.24) is 0 Å². The summed E-state index contributed by atoms with van der Waals surface area (Å²) >= 11 is 1.16. The van der Waals surface area contributed by atoms with Crippen LogP contribution in [0.5, 0.6) is 0 Å². The van der Waals surface area contributed by atoms with E-state index in [9.17, 15) is 4.79 Å². The van der Waals surface area contributed by atoms with Gasteiger partial charge >= 0.3 is 5.97 Å². The number of rotatable bonds is 5. The number of hydrogen-bond acceptors (Lipinski definition) is 4. The van der Waals surface area contributed by atoms with E-state index >= 15 is 0 Å². The van der Waals surface area contributed by atoms with Crippen LogP contribution in [0.25, 0.3) is 0 Å². The first kappa shape index (κ1) is 10.6. The van der Waals surface area contributed by atoms with Crippen molar-refractivity contribution in [3.8, 4) is 0 Å². The van der Waals surface area contributed by atoms with Crippen molar-refractivity contribution in [3.05, 3.63) is 21.9 Å². The van der Waals surface area contributed by atoms with Gasteiger partial charge in [0.15, 0.2) is 0 Å². The van der Waals surface area contributed by atoms with Gasteiger partial charge in [0.1, 0.15) is 4.88 Å². The number of thiophene rings is 1. The predicted molar refractivity (Wildman–Crippen MR) is 56.2 cm³/mol. The summed E-state index contributed by atoms with van der Waals surface area (Å²) in [5.74, 6) is -1.11. The zero-order valence-electron chi connectivity index (χ0n) is 7.36. The van der Waals surface area contributed by atoms with Gasteiger partial charge in [0.05, 0.1) is 0 Å². The van der Waals surface area contributed by atoms with Crippen LogP contribution in [0.4, 0.5) is 0 Å². The van der Waals surface area contributed by atoms with Crippen LogP contribution in [0.2, 0.25) is 0 Å². The minimum absolute atomic E-state index is 0.161. The molecule has 0 aliphatic heterocycles. The van der Waals surface area contributed by atoms with E-state index in [1.807, 2.05) is 0 Å². The van der Waals surface area contributed by atoms with Gasteiger partial charge in [-0.05, 0) is 24.8 Å². The molecule has 0 bridgehead atoms. The molecule has 1 unspecified atom stereocenters. The average Bonchev–Trinajstić information content (AvgIpc) is 2.63. The highest BCUT2D eigenvalue weighted by molar-refractivity contribution is 7.14. The quantitative estimate of drug-likeness (QED) is 0.651. The van der Waals surface area contributed by atoms with E-state index < -0.39 is 5.97 Å². The van der Waals surface area contributed by atoms with Crippen LogP contribution in [0, 0.1) is 10.8 Å². The van der Waals surface area contributed by atoms with Gasteiger partial charge in [0.2, 0.25) is 0 Å². The zero-order valence-corrected chi connectivity index (χ0v) is 8.17. The molecule has 1 heterocycles. The van der Waals surface area contributed by atoms with Crippen LogP contribution in [0.1, 0.15) is 26.9 Å². The molecule has 0 aromatic carbocycles. The Bertz CT molecular complexity index is 359. The van der Waals surface area contributed by atoms with Crippen molar-refractivity contribution in [2.75, 3.05) is 0 Å². The van der Waals surface area contributed by atoms with Crippen LogP contribution in [-0.4, -0.2) is 23.5 Å². The smallest absolute Gasteiger partial charge is 0.345 e. The van der Waals surface area contributed by atoms with E-state index in [4.69, 9.17) is 15.9 Å². The molecule has 4 nitrogen and oxygen atoms in total. The maximum absolute atomic E-state index is 10.6. The molecule has 0 amide bonds. The third kappa shape index (κ3) is 2.26. The molecule has 1 aromatic rings. The maximum atomic E-state index is 10.6. The lowest BCUT2D eigenvalue weighted by Gasteiger charge is -2.03. The highest BCUT2D eigenvalue weighted by Crippen LogP contribution is 2.25. The molecule has 0 aliphatic rings. The molecule has 0 fully saturated rings. The number of aromatic carboxylic acids is 1. The average molecular weight is 210 g/mol. The van der Waals surface area contributed by atoms with Crippen LogP contribution >= 0.6 is 11.3 Å². The number of carbonyl (C=O) groups is 1. The minimum Gasteiger partial charge on any atom is -0.477 e. The summed E-state index contributed by atoms with van der Waals surface area (Å²) in [6, 6.07) is 3.23. The van der Waals surface area contributed by atoms with E-state index in [2.05, 4.69) is 0 Å². The predicted octanol–water partition coefficient (Wildman–Crippen LogP) is 2.22. The van der Waals surface area contributed by atoms with E-state index in [0.717, 1.165) is 16.2 Å². The molecule has 0 radical (unpaired) electrons. The number of nitrogens with one attached hydrogen (secondary N) is 2. The molecule has 1 atom stereocenters. The Kier molecular flexibility index (Phi) is 3.53. The molecule has 0 saturated heterocycles. The second kappa shape index (κ2) is 4.66. The van der Waals surface area contributed by atoms with Gasteiger partial charge in [-0.1, -0.05) is 0 Å². The molecule has 1 rings (SSSR count). The Labute approximate surface area is 85.2 Å². The summed E-state index contributed by atoms with van der Waals surface area (Å²) in [4.78, 5) is 11.7. The third-order valence-corrected chi connectivity index (χ3v) is 2.98. The van der Waals surface area contributed by atoms with E-state index in [1.165, 1.54) is 18.5 Å². The summed E-state index contributed by atoms with van der Waals surface area (Å²) in [6.45, 7) is 0. The summed E-state index contributed by atoms with van der Waals surface area (Å²) in [6.07, 6.45) is 2.92. The SMILES string of the molecule is N=CCC(C=N)c1ccc(C(=O)O)s1. The number of carboxylic acids is 1. The normalized spacial score (nSPS) is 12.0. The molecular weight excluding hydrogens is 200 g/mol. The second-order valence-electron chi connectivity index (χ2n) is 2.72. The molecule has 1 aromatic heterocycles. The first-order valence-electron chi connectivity index (χ1n) is 4.01. The number of hydrogen-bond donors (Lipinski definition) is 3. The maximum Gasteiger partial charge on any atom is 0.345 e. The molecule has 0 aliphatic carbocycles. The Hall–Kier alpha value is -1.49. The van der Waals surface area contributed by atoms with Crippen molar-refractivity contribution >= 4 is 29.7 Å². The summed E-state index contributed by atoms with van der Waals surface area (Å²) in [5.41, 5.74) is 0. The molecule has 5 heteroatoms. The highest BCUT2D eigenvalue weighted by atomic mass is 32.1. The van der Waals surface area contributed by atoms with Gasteiger partial charge in [0, 0.05) is 17.0 Å². The Morgan fingerprint density at radius 3 is 2.71 bits per heavy atom. The monoisotopic (exact) mass is 210 g/mol. The van der Waals surface area contributed by atoms with Crippen LogP contribution < -0.4 is 0 Å². The lowest BCUT2D eigenvalue weighted by molar-refractivity contribution is 0.0702. The lowest BCUT2D eigenvalue weighted by Crippen LogP contribution is -1.97. The standard InChI is InChI=1S/C9H10N2O2S/c10-4-3-6(5-11)7-1-2-8(14-7)9(12)13/h1-2,4-6,10-11H,3H2,(H,12,13). The Morgan fingerprint density at radius 1 is 1.57 bits per heavy atom.